The number of piperazine rings is 1. The van der Waals surface area contributed by atoms with Gasteiger partial charge in [-0.25, -0.2) is 4.79 Å². The van der Waals surface area contributed by atoms with Crippen LogP contribution in [-0.4, -0.2) is 83.9 Å². The molecule has 2 saturated heterocycles. The number of nitrogens with zero attached hydrogens (tertiary/aromatic N) is 4. The first-order valence-electron chi connectivity index (χ1n) is 19.1. The third-order valence-electron chi connectivity index (χ3n) is 11.8. The largest absolute Gasteiger partial charge is 0.494 e. The van der Waals surface area contributed by atoms with Gasteiger partial charge in [-0.05, 0) is 87.5 Å². The van der Waals surface area contributed by atoms with Crippen LogP contribution in [0.25, 0.3) is 22.2 Å². The van der Waals surface area contributed by atoms with Crippen molar-refractivity contribution < 1.29 is 28.7 Å². The van der Waals surface area contributed by atoms with Crippen molar-refractivity contribution in [1.29, 1.82) is 0 Å². The van der Waals surface area contributed by atoms with E-state index in [0.717, 1.165) is 53.1 Å². The highest BCUT2D eigenvalue weighted by molar-refractivity contribution is 6.62. The Bertz CT molecular complexity index is 1950. The van der Waals surface area contributed by atoms with Gasteiger partial charge in [0.2, 0.25) is 0 Å². The van der Waals surface area contributed by atoms with Crippen molar-refractivity contribution >= 4 is 35.3 Å². The summed E-state index contributed by atoms with van der Waals surface area (Å²) < 4.78 is 27.2. The Morgan fingerprint density at radius 1 is 1.02 bits per heavy atom. The number of carbonyl (C=O) groups is 1. The zero-order valence-corrected chi connectivity index (χ0v) is 32.7. The number of benzene rings is 2. The third-order valence-corrected chi connectivity index (χ3v) is 11.8. The number of aliphatic hydroxyl groups is 1. The van der Waals surface area contributed by atoms with Crippen LogP contribution >= 0.6 is 0 Å². The molecule has 1 amide bonds. The Labute approximate surface area is 314 Å². The van der Waals surface area contributed by atoms with E-state index >= 15 is 0 Å². The normalized spacial score (nSPS) is 18.8. The molecule has 0 saturated carbocycles. The van der Waals surface area contributed by atoms with Crippen LogP contribution in [0.4, 0.5) is 10.5 Å². The van der Waals surface area contributed by atoms with Crippen molar-refractivity contribution in [2.75, 3.05) is 44.8 Å². The second-order valence-corrected chi connectivity index (χ2v) is 16.8. The van der Waals surface area contributed by atoms with Crippen molar-refractivity contribution in [3.05, 3.63) is 77.1 Å². The number of aromatic nitrogens is 2. The molecule has 11 heteroatoms. The fourth-order valence-electron chi connectivity index (χ4n) is 7.87. The number of ether oxygens (including phenoxy) is 2. The van der Waals surface area contributed by atoms with Crippen LogP contribution in [0.2, 0.25) is 0 Å². The van der Waals surface area contributed by atoms with E-state index in [1.54, 1.807) is 12.0 Å². The summed E-state index contributed by atoms with van der Waals surface area (Å²) in [6.07, 6.45) is 4.04. The van der Waals surface area contributed by atoms with Gasteiger partial charge in [-0.2, -0.15) is 0 Å². The Hall–Kier alpha value is -3.90. The molecule has 1 atom stereocenters. The number of amides is 1. The Morgan fingerprint density at radius 3 is 2.38 bits per heavy atom. The molecule has 3 aliphatic heterocycles. The molecule has 3 aliphatic rings. The minimum atomic E-state index is -0.476. The number of anilines is 1. The molecule has 0 spiro atoms. The summed E-state index contributed by atoms with van der Waals surface area (Å²) in [7, 11) is 1.25. The van der Waals surface area contributed by atoms with Gasteiger partial charge in [-0.1, -0.05) is 56.3 Å². The lowest BCUT2D eigenvalue weighted by atomic mass is 9.76. The number of rotatable bonds is 10. The Kier molecular flexibility index (Phi) is 10.2. The number of carbonyl (C=O) groups excluding carboxylic acids is 1. The van der Waals surface area contributed by atoms with E-state index < -0.39 is 18.3 Å². The molecule has 282 valence electrons. The molecule has 53 heavy (non-hydrogen) atoms. The van der Waals surface area contributed by atoms with E-state index in [2.05, 4.69) is 69.2 Å². The van der Waals surface area contributed by atoms with Gasteiger partial charge in [-0.3, -0.25) is 4.98 Å². The fraction of sp³-hybridized carbons (Fsp3) is 0.524. The predicted octanol–water partition coefficient (Wildman–Crippen LogP) is 6.68. The maximum absolute atomic E-state index is 13.0. The SMILES string of the molecule is CO[C@@H](C)c1ncc(N2CCN(C(=O)OCc3ccccc3)CC2)cc1-c1c(CC(C)(C)CO)c2cc(B3OC(C)(C)C(C)(C)O3)cc3c2n1CCC3. The average Bonchev–Trinajstić information content (AvgIpc) is 3.58. The van der Waals surface area contributed by atoms with Gasteiger partial charge < -0.3 is 38.3 Å². The number of hydrogen-bond acceptors (Lipinski definition) is 8. The molecule has 0 radical (unpaired) electrons. The maximum Gasteiger partial charge on any atom is 0.494 e. The topological polar surface area (TPSA) is 98.5 Å². The lowest BCUT2D eigenvalue weighted by Gasteiger charge is -2.35. The summed E-state index contributed by atoms with van der Waals surface area (Å²) in [5, 5.41) is 11.8. The van der Waals surface area contributed by atoms with Crippen molar-refractivity contribution in [2.24, 2.45) is 5.41 Å². The molecule has 0 bridgehead atoms. The molecule has 2 fully saturated rings. The monoisotopic (exact) mass is 722 g/mol. The van der Waals surface area contributed by atoms with E-state index in [1.807, 2.05) is 43.5 Å². The molecule has 4 aromatic rings. The Morgan fingerprint density at radius 2 is 1.72 bits per heavy atom. The van der Waals surface area contributed by atoms with E-state index in [-0.39, 0.29) is 30.8 Å². The van der Waals surface area contributed by atoms with E-state index in [4.69, 9.17) is 23.8 Å². The quantitative estimate of drug-likeness (QED) is 0.181. The van der Waals surface area contributed by atoms with Gasteiger partial charge in [-0.15, -0.1) is 0 Å². The highest BCUT2D eigenvalue weighted by Gasteiger charge is 2.52. The number of hydrogen-bond donors (Lipinski definition) is 1. The van der Waals surface area contributed by atoms with Crippen molar-refractivity contribution in [1.82, 2.24) is 14.5 Å². The van der Waals surface area contributed by atoms with Crippen LogP contribution < -0.4 is 10.4 Å². The molecule has 2 aromatic heterocycles. The number of aliphatic hydroxyl groups excluding tert-OH is 1. The first kappa shape index (κ1) is 37.4. The summed E-state index contributed by atoms with van der Waals surface area (Å²) in [5.74, 6) is 0. The second kappa shape index (κ2) is 14.4. The highest BCUT2D eigenvalue weighted by Crippen LogP contribution is 2.44. The number of aryl methyl sites for hydroxylation is 2. The predicted molar refractivity (Wildman–Crippen MR) is 210 cm³/mol. The van der Waals surface area contributed by atoms with E-state index in [9.17, 15) is 9.90 Å². The summed E-state index contributed by atoms with van der Waals surface area (Å²) in [4.78, 5) is 22.2. The minimum Gasteiger partial charge on any atom is -0.445 e. The minimum absolute atomic E-state index is 0.0561. The van der Waals surface area contributed by atoms with Crippen LogP contribution in [0.15, 0.2) is 54.7 Å². The molecule has 5 heterocycles. The van der Waals surface area contributed by atoms with Crippen LogP contribution in [0, 0.1) is 5.41 Å². The number of pyridine rings is 1. The summed E-state index contributed by atoms with van der Waals surface area (Å²) in [6.45, 7) is 18.3. The van der Waals surface area contributed by atoms with Gasteiger partial charge in [0, 0.05) is 57.4 Å². The Balaban J connectivity index is 1.28. The molecule has 7 rings (SSSR count). The molecule has 2 aromatic carbocycles. The lowest BCUT2D eigenvalue weighted by molar-refractivity contribution is 0.00578. The summed E-state index contributed by atoms with van der Waals surface area (Å²) in [5.41, 5.74) is 8.48. The molecule has 1 N–H and O–H groups in total. The molecular formula is C42H55BN4O6. The smallest absolute Gasteiger partial charge is 0.445 e. The third kappa shape index (κ3) is 7.21. The van der Waals surface area contributed by atoms with E-state index in [1.165, 1.54) is 22.0 Å². The highest BCUT2D eigenvalue weighted by atomic mass is 16.7. The molecule has 0 aliphatic carbocycles. The van der Waals surface area contributed by atoms with Crippen LogP contribution in [-0.2, 0) is 44.8 Å². The first-order chi connectivity index (χ1) is 25.2. The van der Waals surface area contributed by atoms with Gasteiger partial charge in [0.05, 0.1) is 46.1 Å². The summed E-state index contributed by atoms with van der Waals surface area (Å²) in [6, 6.07) is 16.6. The van der Waals surface area contributed by atoms with E-state index in [0.29, 0.717) is 32.6 Å². The van der Waals surface area contributed by atoms with Gasteiger partial charge in [0.1, 0.15) is 6.61 Å². The molecule has 10 nitrogen and oxygen atoms in total. The zero-order chi connectivity index (χ0) is 37.7. The first-order valence-corrected chi connectivity index (χ1v) is 19.1. The number of methoxy groups -OCH3 is 1. The average molecular weight is 723 g/mol. The van der Waals surface area contributed by atoms with Crippen molar-refractivity contribution in [3.8, 4) is 11.3 Å². The zero-order valence-electron chi connectivity index (χ0n) is 32.7. The van der Waals surface area contributed by atoms with Crippen LogP contribution in [0.3, 0.4) is 0 Å². The molecule has 0 unspecified atom stereocenters. The van der Waals surface area contributed by atoms with Crippen LogP contribution in [0.1, 0.15) is 83.4 Å². The van der Waals surface area contributed by atoms with Crippen molar-refractivity contribution in [2.45, 2.75) is 98.2 Å². The standard InChI is InChI=1S/C42H55BN4O6/c1-28(50-8)36-34(23-32(25-44-36)45-17-19-46(20-18-45)39(49)51-26-29-13-10-9-11-14-29)38-35(24-40(2,3)27-48)33-22-31(21-30-15-12-16-47(38)37(30)33)43-52-41(4,5)42(6,7)53-43/h9-11,13-14,21-23,25,28,48H,12,15-20,24,26-27H2,1-8H3/t28-/m0/s1. The second-order valence-electron chi connectivity index (χ2n) is 16.8. The van der Waals surface area contributed by atoms with Crippen molar-refractivity contribution in [3.63, 3.8) is 0 Å². The molecular weight excluding hydrogens is 667 g/mol. The van der Waals surface area contributed by atoms with Gasteiger partial charge in [0.15, 0.2) is 0 Å². The maximum atomic E-state index is 13.0. The fourth-order valence-corrected chi connectivity index (χ4v) is 7.87. The van der Waals surface area contributed by atoms with Gasteiger partial charge in [0.25, 0.3) is 0 Å². The summed E-state index contributed by atoms with van der Waals surface area (Å²) >= 11 is 0. The van der Waals surface area contributed by atoms with Crippen LogP contribution in [0.5, 0.6) is 0 Å². The van der Waals surface area contributed by atoms with Gasteiger partial charge >= 0.3 is 13.2 Å². The lowest BCUT2D eigenvalue weighted by Crippen LogP contribution is -2.49.